The van der Waals surface area contributed by atoms with Gasteiger partial charge in [0.2, 0.25) is 0 Å². The third-order valence-corrected chi connectivity index (χ3v) is 3.76. The van der Waals surface area contributed by atoms with Gasteiger partial charge in [0, 0.05) is 39.6 Å². The summed E-state index contributed by atoms with van der Waals surface area (Å²) in [4.78, 5) is 9.11. The molecule has 0 N–H and O–H groups in total. The summed E-state index contributed by atoms with van der Waals surface area (Å²) in [5, 5.41) is 0. The fourth-order valence-electron chi connectivity index (χ4n) is 2.76. The molecule has 0 radical (unpaired) electrons. The molecule has 0 bridgehead atoms. The van der Waals surface area contributed by atoms with Crippen LogP contribution in [0.15, 0.2) is 29.3 Å². The minimum atomic E-state index is 0.586. The average Bonchev–Trinajstić information content (AvgIpc) is 2.94. The third kappa shape index (κ3) is 3.24. The molecule has 1 heterocycles. The maximum atomic E-state index is 5.22. The number of benzene rings is 1. The minimum absolute atomic E-state index is 0.586. The number of nitrogens with zero attached hydrogens (tertiary/aromatic N) is 3. The van der Waals surface area contributed by atoms with Crippen molar-refractivity contribution in [1.82, 2.24) is 9.80 Å². The molecule has 0 aliphatic carbocycles. The molecule has 0 saturated carbocycles. The van der Waals surface area contributed by atoms with E-state index in [4.69, 9.17) is 4.74 Å². The number of hydrogen-bond acceptors (Lipinski definition) is 2. The van der Waals surface area contributed by atoms with Crippen LogP contribution in [-0.4, -0.2) is 56.6 Å². The van der Waals surface area contributed by atoms with Crippen LogP contribution in [0.2, 0.25) is 0 Å². The van der Waals surface area contributed by atoms with Crippen LogP contribution >= 0.6 is 0 Å². The lowest BCUT2D eigenvalue weighted by atomic mass is 9.98. The molecule has 4 nitrogen and oxygen atoms in total. The van der Waals surface area contributed by atoms with E-state index in [1.165, 1.54) is 12.0 Å². The number of methoxy groups -OCH3 is 1. The average molecular weight is 275 g/mol. The van der Waals surface area contributed by atoms with E-state index in [1.54, 1.807) is 7.11 Å². The number of rotatable bonds is 3. The lowest BCUT2D eigenvalue weighted by Crippen LogP contribution is -2.39. The van der Waals surface area contributed by atoms with Crippen molar-refractivity contribution in [3.05, 3.63) is 29.8 Å². The fourth-order valence-corrected chi connectivity index (χ4v) is 2.76. The van der Waals surface area contributed by atoms with Crippen molar-refractivity contribution in [1.29, 1.82) is 0 Å². The van der Waals surface area contributed by atoms with Crippen molar-refractivity contribution >= 4 is 5.96 Å². The molecule has 2 rings (SSSR count). The Morgan fingerprint density at radius 3 is 2.60 bits per heavy atom. The number of ether oxygens (including phenoxy) is 1. The zero-order valence-corrected chi connectivity index (χ0v) is 13.0. The van der Waals surface area contributed by atoms with Crippen LogP contribution in [0.25, 0.3) is 0 Å². The first-order chi connectivity index (χ1) is 9.65. The molecular weight excluding hydrogens is 250 g/mol. The third-order valence-electron chi connectivity index (χ3n) is 3.76. The van der Waals surface area contributed by atoms with Crippen LogP contribution in [0, 0.1) is 0 Å². The first-order valence-corrected chi connectivity index (χ1v) is 7.26. The molecule has 0 aromatic heterocycles. The Morgan fingerprint density at radius 1 is 1.35 bits per heavy atom. The van der Waals surface area contributed by atoms with Crippen LogP contribution in [0.1, 0.15) is 24.8 Å². The molecule has 1 unspecified atom stereocenters. The second-order valence-corrected chi connectivity index (χ2v) is 5.37. The highest BCUT2D eigenvalue weighted by molar-refractivity contribution is 5.80. The molecule has 1 atom stereocenters. The van der Waals surface area contributed by atoms with Crippen molar-refractivity contribution in [3.63, 3.8) is 0 Å². The molecule has 1 aromatic carbocycles. The smallest absolute Gasteiger partial charge is 0.196 e. The van der Waals surface area contributed by atoms with Crippen LogP contribution in [0.3, 0.4) is 0 Å². The van der Waals surface area contributed by atoms with Gasteiger partial charge >= 0.3 is 0 Å². The van der Waals surface area contributed by atoms with E-state index in [1.807, 2.05) is 12.1 Å². The van der Waals surface area contributed by atoms with Gasteiger partial charge in [-0.2, -0.15) is 0 Å². The Labute approximate surface area is 122 Å². The standard InChI is InChI=1S/C16H25N3O/c1-5-17-16(18(2)3)19-11-10-14(12-19)13-6-8-15(20-4)9-7-13/h6-9,14H,5,10-12H2,1-4H3. The van der Waals surface area contributed by atoms with E-state index in [2.05, 4.69) is 47.9 Å². The summed E-state index contributed by atoms with van der Waals surface area (Å²) in [7, 11) is 5.83. The molecule has 4 heteroatoms. The summed E-state index contributed by atoms with van der Waals surface area (Å²) in [6.07, 6.45) is 1.18. The van der Waals surface area contributed by atoms with Crippen LogP contribution in [0.5, 0.6) is 5.75 Å². The zero-order chi connectivity index (χ0) is 14.5. The minimum Gasteiger partial charge on any atom is -0.497 e. The van der Waals surface area contributed by atoms with Gasteiger partial charge in [-0.3, -0.25) is 4.99 Å². The van der Waals surface area contributed by atoms with Crippen molar-refractivity contribution in [2.75, 3.05) is 40.8 Å². The second kappa shape index (κ2) is 6.64. The maximum Gasteiger partial charge on any atom is 0.196 e. The normalized spacial score (nSPS) is 19.3. The highest BCUT2D eigenvalue weighted by Gasteiger charge is 2.26. The predicted octanol–water partition coefficient (Wildman–Crippen LogP) is 2.42. The van der Waals surface area contributed by atoms with E-state index >= 15 is 0 Å². The summed E-state index contributed by atoms with van der Waals surface area (Å²) < 4.78 is 5.22. The highest BCUT2D eigenvalue weighted by Crippen LogP contribution is 2.28. The van der Waals surface area contributed by atoms with Crippen molar-refractivity contribution in [2.24, 2.45) is 4.99 Å². The summed E-state index contributed by atoms with van der Waals surface area (Å²) >= 11 is 0. The van der Waals surface area contributed by atoms with Crippen molar-refractivity contribution in [2.45, 2.75) is 19.3 Å². The maximum absolute atomic E-state index is 5.22. The van der Waals surface area contributed by atoms with Crippen LogP contribution in [-0.2, 0) is 0 Å². The molecule has 0 amide bonds. The first kappa shape index (κ1) is 14.7. The van der Waals surface area contributed by atoms with Gasteiger partial charge in [0.05, 0.1) is 7.11 Å². The molecule has 20 heavy (non-hydrogen) atoms. The topological polar surface area (TPSA) is 28.1 Å². The van der Waals surface area contributed by atoms with Gasteiger partial charge in [-0.1, -0.05) is 12.1 Å². The summed E-state index contributed by atoms with van der Waals surface area (Å²) in [6, 6.07) is 8.45. The Balaban J connectivity index is 2.05. The van der Waals surface area contributed by atoms with Gasteiger partial charge in [-0.25, -0.2) is 0 Å². The Morgan fingerprint density at radius 2 is 2.05 bits per heavy atom. The molecular formula is C16H25N3O. The quantitative estimate of drug-likeness (QED) is 0.626. The van der Waals surface area contributed by atoms with Gasteiger partial charge in [-0.15, -0.1) is 0 Å². The summed E-state index contributed by atoms with van der Waals surface area (Å²) in [5.41, 5.74) is 1.39. The molecule has 1 aliphatic rings. The van der Waals surface area contributed by atoms with Gasteiger partial charge in [-0.05, 0) is 31.0 Å². The first-order valence-electron chi connectivity index (χ1n) is 7.26. The van der Waals surface area contributed by atoms with E-state index < -0.39 is 0 Å². The highest BCUT2D eigenvalue weighted by atomic mass is 16.5. The van der Waals surface area contributed by atoms with Gasteiger partial charge < -0.3 is 14.5 Å². The van der Waals surface area contributed by atoms with Crippen molar-refractivity contribution in [3.8, 4) is 5.75 Å². The molecule has 1 aliphatic heterocycles. The lowest BCUT2D eigenvalue weighted by Gasteiger charge is -2.26. The largest absolute Gasteiger partial charge is 0.497 e. The monoisotopic (exact) mass is 275 g/mol. The van der Waals surface area contributed by atoms with Gasteiger partial charge in [0.25, 0.3) is 0 Å². The fraction of sp³-hybridized carbons (Fsp3) is 0.562. The number of likely N-dealkylation sites (tertiary alicyclic amines) is 1. The summed E-state index contributed by atoms with van der Waals surface area (Å²) in [5.74, 6) is 2.61. The number of guanidine groups is 1. The molecule has 1 fully saturated rings. The molecule has 0 spiro atoms. The van der Waals surface area contributed by atoms with Gasteiger partial charge in [0.1, 0.15) is 5.75 Å². The molecule has 1 aromatic rings. The second-order valence-electron chi connectivity index (χ2n) is 5.37. The van der Waals surface area contributed by atoms with E-state index in [0.29, 0.717) is 5.92 Å². The zero-order valence-electron chi connectivity index (χ0n) is 13.0. The Bertz CT molecular complexity index is 453. The SMILES string of the molecule is CCN=C(N(C)C)N1CCC(c2ccc(OC)cc2)C1. The lowest BCUT2D eigenvalue weighted by molar-refractivity contribution is 0.414. The van der Waals surface area contributed by atoms with Crippen LogP contribution in [0.4, 0.5) is 0 Å². The van der Waals surface area contributed by atoms with E-state index in [9.17, 15) is 0 Å². The predicted molar refractivity (Wildman–Crippen MR) is 83.6 cm³/mol. The summed E-state index contributed by atoms with van der Waals surface area (Å²) in [6.45, 7) is 5.04. The number of aliphatic imine (C=N–C) groups is 1. The molecule has 1 saturated heterocycles. The van der Waals surface area contributed by atoms with Crippen molar-refractivity contribution < 1.29 is 4.74 Å². The van der Waals surface area contributed by atoms with E-state index in [0.717, 1.165) is 31.3 Å². The van der Waals surface area contributed by atoms with E-state index in [-0.39, 0.29) is 0 Å². The van der Waals surface area contributed by atoms with Crippen LogP contribution < -0.4 is 4.74 Å². The Hall–Kier alpha value is -1.71. The van der Waals surface area contributed by atoms with Gasteiger partial charge in [0.15, 0.2) is 5.96 Å². The number of hydrogen-bond donors (Lipinski definition) is 0. The Kier molecular flexibility index (Phi) is 4.88. The molecule has 110 valence electrons.